The van der Waals surface area contributed by atoms with Crippen molar-refractivity contribution in [2.45, 2.75) is 37.5 Å². The van der Waals surface area contributed by atoms with Crippen LogP contribution in [0.1, 0.15) is 26.2 Å². The van der Waals surface area contributed by atoms with Gasteiger partial charge >= 0.3 is 0 Å². The molecule has 0 aromatic carbocycles. The van der Waals surface area contributed by atoms with Crippen LogP contribution in [0, 0.1) is 11.3 Å². The molecule has 0 amide bonds. The molecular weight excluding hydrogens is 214 g/mol. The lowest BCUT2D eigenvalue weighted by Gasteiger charge is -2.24. The van der Waals surface area contributed by atoms with Gasteiger partial charge in [0.25, 0.3) is 0 Å². The summed E-state index contributed by atoms with van der Waals surface area (Å²) in [5.74, 6) is 0. The second-order valence-corrected chi connectivity index (χ2v) is 5.63. The highest BCUT2D eigenvalue weighted by molar-refractivity contribution is 7.90. The van der Waals surface area contributed by atoms with E-state index in [2.05, 4.69) is 10.0 Å². The maximum Gasteiger partial charge on any atom is 0.228 e. The second kappa shape index (κ2) is 5.45. The molecule has 1 unspecified atom stereocenters. The fourth-order valence-electron chi connectivity index (χ4n) is 1.65. The number of sulfonamides is 1. The van der Waals surface area contributed by atoms with Gasteiger partial charge in [0.15, 0.2) is 5.25 Å². The van der Waals surface area contributed by atoms with Gasteiger partial charge in [0.05, 0.1) is 6.07 Å². The monoisotopic (exact) mass is 231 g/mol. The van der Waals surface area contributed by atoms with E-state index in [4.69, 9.17) is 5.26 Å². The zero-order chi connectivity index (χ0) is 11.3. The Labute approximate surface area is 90.9 Å². The molecule has 5 nitrogen and oxygen atoms in total. The van der Waals surface area contributed by atoms with Crippen LogP contribution in [0.4, 0.5) is 0 Å². The lowest BCUT2D eigenvalue weighted by molar-refractivity contribution is 0.427. The number of hydrogen-bond donors (Lipinski definition) is 2. The van der Waals surface area contributed by atoms with Crippen molar-refractivity contribution in [2.24, 2.45) is 0 Å². The van der Waals surface area contributed by atoms with Gasteiger partial charge < -0.3 is 5.32 Å². The molecule has 15 heavy (non-hydrogen) atoms. The van der Waals surface area contributed by atoms with Crippen LogP contribution in [-0.4, -0.2) is 32.8 Å². The van der Waals surface area contributed by atoms with Crippen molar-refractivity contribution in [1.29, 1.82) is 5.26 Å². The largest absolute Gasteiger partial charge is 0.315 e. The minimum absolute atomic E-state index is 0.0638. The summed E-state index contributed by atoms with van der Waals surface area (Å²) < 4.78 is 26.0. The summed E-state index contributed by atoms with van der Waals surface area (Å²) in [6.07, 6.45) is 2.14. The van der Waals surface area contributed by atoms with Crippen LogP contribution in [0.25, 0.3) is 0 Å². The van der Waals surface area contributed by atoms with Gasteiger partial charge in [0, 0.05) is 12.6 Å². The molecule has 86 valence electrons. The summed E-state index contributed by atoms with van der Waals surface area (Å²) in [5, 5.41) is 10.9. The van der Waals surface area contributed by atoms with Crippen molar-refractivity contribution < 1.29 is 8.42 Å². The number of piperidine rings is 1. The predicted octanol–water partition coefficient (Wildman–Crippen LogP) is -0.0400. The molecule has 1 fully saturated rings. The highest BCUT2D eigenvalue weighted by Crippen LogP contribution is 2.08. The van der Waals surface area contributed by atoms with Crippen LogP contribution in [0.5, 0.6) is 0 Å². The maximum atomic E-state index is 11.7. The third-order valence-electron chi connectivity index (χ3n) is 2.52. The molecule has 0 aromatic heterocycles. The molecule has 0 aliphatic carbocycles. The van der Waals surface area contributed by atoms with Crippen LogP contribution in [-0.2, 0) is 10.0 Å². The molecule has 0 spiro atoms. The Bertz CT molecular complexity index is 328. The van der Waals surface area contributed by atoms with Gasteiger partial charge in [-0.05, 0) is 25.8 Å². The highest BCUT2D eigenvalue weighted by atomic mass is 32.2. The van der Waals surface area contributed by atoms with Gasteiger partial charge in [0.2, 0.25) is 10.0 Å². The van der Waals surface area contributed by atoms with Crippen molar-refractivity contribution in [1.82, 2.24) is 10.0 Å². The van der Waals surface area contributed by atoms with E-state index in [-0.39, 0.29) is 6.04 Å². The van der Waals surface area contributed by atoms with Gasteiger partial charge in [-0.3, -0.25) is 0 Å². The maximum absolute atomic E-state index is 11.7. The van der Waals surface area contributed by atoms with Gasteiger partial charge in [-0.1, -0.05) is 6.92 Å². The Morgan fingerprint density at radius 2 is 2.40 bits per heavy atom. The van der Waals surface area contributed by atoms with E-state index in [1.54, 1.807) is 6.92 Å². The Kier molecular flexibility index (Phi) is 4.51. The van der Waals surface area contributed by atoms with Crippen LogP contribution in [0.2, 0.25) is 0 Å². The van der Waals surface area contributed by atoms with Crippen molar-refractivity contribution >= 4 is 10.0 Å². The molecule has 0 aromatic rings. The van der Waals surface area contributed by atoms with E-state index in [0.29, 0.717) is 13.0 Å². The quantitative estimate of drug-likeness (QED) is 0.711. The van der Waals surface area contributed by atoms with E-state index in [1.165, 1.54) is 0 Å². The topological polar surface area (TPSA) is 82.0 Å². The predicted molar refractivity (Wildman–Crippen MR) is 57.6 cm³/mol. The van der Waals surface area contributed by atoms with Crippen molar-refractivity contribution in [3.63, 3.8) is 0 Å². The number of nitrogens with one attached hydrogen (secondary N) is 2. The number of nitrogens with zero attached hydrogens (tertiary/aromatic N) is 1. The summed E-state index contributed by atoms with van der Waals surface area (Å²) in [6.45, 7) is 3.29. The molecular formula is C9H17N3O2S. The summed E-state index contributed by atoms with van der Waals surface area (Å²) in [6, 6.07) is 1.75. The molecule has 1 heterocycles. The van der Waals surface area contributed by atoms with Crippen LogP contribution in [0.3, 0.4) is 0 Å². The Morgan fingerprint density at radius 1 is 1.67 bits per heavy atom. The molecule has 0 radical (unpaired) electrons. The van der Waals surface area contributed by atoms with E-state index in [9.17, 15) is 8.42 Å². The van der Waals surface area contributed by atoms with Crippen LogP contribution < -0.4 is 10.0 Å². The van der Waals surface area contributed by atoms with Crippen molar-refractivity contribution in [3.05, 3.63) is 0 Å². The SMILES string of the molecule is CCC(C#N)S(=O)(=O)N[C@@H]1CCCNC1. The number of hydrogen-bond acceptors (Lipinski definition) is 4. The zero-order valence-electron chi connectivity index (χ0n) is 8.86. The van der Waals surface area contributed by atoms with Crippen molar-refractivity contribution in [2.75, 3.05) is 13.1 Å². The summed E-state index contributed by atoms with van der Waals surface area (Å²) in [7, 11) is -3.47. The Morgan fingerprint density at radius 3 is 2.87 bits per heavy atom. The van der Waals surface area contributed by atoms with Crippen LogP contribution >= 0.6 is 0 Å². The second-order valence-electron chi connectivity index (χ2n) is 3.73. The van der Waals surface area contributed by atoms with Gasteiger partial charge in [0.1, 0.15) is 0 Å². The molecule has 1 aliphatic rings. The molecule has 6 heteroatoms. The first-order valence-electron chi connectivity index (χ1n) is 5.21. The third-order valence-corrected chi connectivity index (χ3v) is 4.37. The summed E-state index contributed by atoms with van der Waals surface area (Å²) >= 11 is 0. The number of rotatable bonds is 4. The molecule has 1 rings (SSSR count). The first kappa shape index (κ1) is 12.4. The Hall–Kier alpha value is -0.640. The minimum atomic E-state index is -3.47. The van der Waals surface area contributed by atoms with Gasteiger partial charge in [-0.2, -0.15) is 5.26 Å². The van der Waals surface area contributed by atoms with Crippen molar-refractivity contribution in [3.8, 4) is 6.07 Å². The fourth-order valence-corrected chi connectivity index (χ4v) is 3.05. The summed E-state index contributed by atoms with van der Waals surface area (Å²) in [5.41, 5.74) is 0. The average Bonchev–Trinajstić information content (AvgIpc) is 2.19. The average molecular weight is 231 g/mol. The molecule has 0 saturated carbocycles. The van der Waals surface area contributed by atoms with Crippen LogP contribution in [0.15, 0.2) is 0 Å². The van der Waals surface area contributed by atoms with E-state index >= 15 is 0 Å². The smallest absolute Gasteiger partial charge is 0.228 e. The molecule has 1 saturated heterocycles. The highest BCUT2D eigenvalue weighted by Gasteiger charge is 2.27. The van der Waals surface area contributed by atoms with E-state index in [1.807, 2.05) is 6.07 Å². The molecule has 1 aliphatic heterocycles. The minimum Gasteiger partial charge on any atom is -0.315 e. The normalized spacial score (nSPS) is 24.4. The standard InChI is InChI=1S/C9H17N3O2S/c1-2-9(6-10)15(13,14)12-8-4-3-5-11-7-8/h8-9,11-12H,2-5,7H2,1H3/t8-,9?/m1/s1. The van der Waals surface area contributed by atoms with Gasteiger partial charge in [-0.15, -0.1) is 0 Å². The molecule has 0 bridgehead atoms. The van der Waals surface area contributed by atoms with E-state index < -0.39 is 15.3 Å². The fraction of sp³-hybridized carbons (Fsp3) is 0.889. The third kappa shape index (κ3) is 3.45. The van der Waals surface area contributed by atoms with E-state index in [0.717, 1.165) is 19.4 Å². The molecule has 2 N–H and O–H groups in total. The first-order valence-corrected chi connectivity index (χ1v) is 6.76. The number of nitriles is 1. The van der Waals surface area contributed by atoms with Gasteiger partial charge in [-0.25, -0.2) is 13.1 Å². The Balaban J connectivity index is 2.59. The summed E-state index contributed by atoms with van der Waals surface area (Å²) in [4.78, 5) is 0. The lowest BCUT2D eigenvalue weighted by Crippen LogP contribution is -2.48. The zero-order valence-corrected chi connectivity index (χ0v) is 9.68. The molecule has 2 atom stereocenters. The lowest BCUT2D eigenvalue weighted by atomic mass is 10.1. The first-order chi connectivity index (χ1) is 7.10.